The summed E-state index contributed by atoms with van der Waals surface area (Å²) in [4.78, 5) is 37.7. The Morgan fingerprint density at radius 3 is 2.62 bits per heavy atom. The summed E-state index contributed by atoms with van der Waals surface area (Å²) in [5, 5.41) is 2.43. The Morgan fingerprint density at radius 2 is 2.05 bits per heavy atom. The van der Waals surface area contributed by atoms with E-state index in [0.29, 0.717) is 10.6 Å². The van der Waals surface area contributed by atoms with Crippen molar-refractivity contribution in [1.29, 1.82) is 0 Å². The number of thiophene rings is 1. The van der Waals surface area contributed by atoms with Crippen LogP contribution in [-0.2, 0) is 14.3 Å². The van der Waals surface area contributed by atoms with Gasteiger partial charge in [0.25, 0.3) is 0 Å². The van der Waals surface area contributed by atoms with Crippen molar-refractivity contribution in [3.05, 3.63) is 17.0 Å². The lowest BCUT2D eigenvalue weighted by atomic mass is 9.87. The molecule has 1 saturated heterocycles. The highest BCUT2D eigenvalue weighted by atomic mass is 32.1. The number of amides is 1. The SMILES string of the molecule is COC(=O)C1CC(=O)N(c2sccc2C(=O)C(C)(C)C)C1. The van der Waals surface area contributed by atoms with E-state index in [4.69, 9.17) is 4.74 Å². The zero-order chi connectivity index (χ0) is 15.8. The highest BCUT2D eigenvalue weighted by Gasteiger charge is 2.38. The number of methoxy groups -OCH3 is 1. The van der Waals surface area contributed by atoms with Crippen LogP contribution in [0.3, 0.4) is 0 Å². The van der Waals surface area contributed by atoms with E-state index in [-0.39, 0.29) is 30.6 Å². The number of ether oxygens (including phenoxy) is 1. The molecule has 0 aliphatic carbocycles. The van der Waals surface area contributed by atoms with E-state index >= 15 is 0 Å². The summed E-state index contributed by atoms with van der Waals surface area (Å²) in [5.41, 5.74) is 0.0340. The maximum Gasteiger partial charge on any atom is 0.311 e. The molecule has 2 heterocycles. The predicted octanol–water partition coefficient (Wildman–Crippen LogP) is 2.50. The van der Waals surface area contributed by atoms with E-state index in [2.05, 4.69) is 0 Å². The lowest BCUT2D eigenvalue weighted by Crippen LogP contribution is -2.28. The molecule has 0 radical (unpaired) electrons. The Labute approximate surface area is 127 Å². The molecule has 1 fully saturated rings. The number of ketones is 1. The number of Topliss-reactive ketones (excluding diaryl/α,β-unsaturated/α-hetero) is 1. The van der Waals surface area contributed by atoms with Crippen molar-refractivity contribution in [2.45, 2.75) is 27.2 Å². The molecule has 1 amide bonds. The summed E-state index contributed by atoms with van der Waals surface area (Å²) >= 11 is 1.35. The van der Waals surface area contributed by atoms with E-state index in [1.54, 1.807) is 11.4 Å². The molecule has 1 unspecified atom stereocenters. The number of carbonyl (C=O) groups excluding carboxylic acids is 3. The van der Waals surface area contributed by atoms with Crippen molar-refractivity contribution in [2.75, 3.05) is 18.6 Å². The quantitative estimate of drug-likeness (QED) is 0.636. The van der Waals surface area contributed by atoms with Gasteiger partial charge in [-0.3, -0.25) is 14.4 Å². The molecule has 114 valence electrons. The molecule has 0 saturated carbocycles. The monoisotopic (exact) mass is 309 g/mol. The van der Waals surface area contributed by atoms with Crippen LogP contribution in [0, 0.1) is 11.3 Å². The topological polar surface area (TPSA) is 63.7 Å². The zero-order valence-corrected chi connectivity index (χ0v) is 13.5. The molecule has 21 heavy (non-hydrogen) atoms. The minimum Gasteiger partial charge on any atom is -0.469 e. The molecule has 1 aliphatic heterocycles. The van der Waals surface area contributed by atoms with Gasteiger partial charge in [0.05, 0.1) is 18.6 Å². The second-order valence-electron chi connectivity index (χ2n) is 6.15. The summed E-state index contributed by atoms with van der Waals surface area (Å²) in [6.07, 6.45) is 0.133. The van der Waals surface area contributed by atoms with E-state index < -0.39 is 11.3 Å². The molecular weight excluding hydrogens is 290 g/mol. The van der Waals surface area contributed by atoms with Gasteiger partial charge in [-0.25, -0.2) is 0 Å². The average Bonchev–Trinajstić information content (AvgIpc) is 3.01. The van der Waals surface area contributed by atoms with Gasteiger partial charge in [0.2, 0.25) is 5.91 Å². The molecule has 0 spiro atoms. The standard InChI is InChI=1S/C15H19NO4S/c1-15(2,3)12(18)10-5-6-21-13(10)16-8-9(7-11(16)17)14(19)20-4/h5-6,9H,7-8H2,1-4H3. The van der Waals surface area contributed by atoms with Crippen LogP contribution in [0.1, 0.15) is 37.6 Å². The summed E-state index contributed by atoms with van der Waals surface area (Å²) in [5.74, 6) is -0.989. The highest BCUT2D eigenvalue weighted by molar-refractivity contribution is 7.14. The van der Waals surface area contributed by atoms with Crippen molar-refractivity contribution < 1.29 is 19.1 Å². The third-order valence-corrected chi connectivity index (χ3v) is 4.41. The molecule has 1 atom stereocenters. The number of hydrogen-bond acceptors (Lipinski definition) is 5. The lowest BCUT2D eigenvalue weighted by Gasteiger charge is -2.20. The van der Waals surface area contributed by atoms with Crippen molar-refractivity contribution in [3.63, 3.8) is 0 Å². The molecule has 0 bridgehead atoms. The predicted molar refractivity (Wildman–Crippen MR) is 80.6 cm³/mol. The Bertz CT molecular complexity index is 585. The van der Waals surface area contributed by atoms with Crippen LogP contribution < -0.4 is 4.90 Å². The summed E-state index contributed by atoms with van der Waals surface area (Å²) in [7, 11) is 1.31. The van der Waals surface area contributed by atoms with E-state index in [0.717, 1.165) is 0 Å². The summed E-state index contributed by atoms with van der Waals surface area (Å²) < 4.78 is 4.70. The van der Waals surface area contributed by atoms with Crippen molar-refractivity contribution in [1.82, 2.24) is 0 Å². The highest BCUT2D eigenvalue weighted by Crippen LogP contribution is 2.36. The number of esters is 1. The first-order valence-corrected chi connectivity index (χ1v) is 7.64. The average molecular weight is 309 g/mol. The zero-order valence-electron chi connectivity index (χ0n) is 12.6. The van der Waals surface area contributed by atoms with Crippen molar-refractivity contribution >= 4 is 34.0 Å². The fourth-order valence-electron chi connectivity index (χ4n) is 2.32. The van der Waals surface area contributed by atoms with Crippen LogP contribution >= 0.6 is 11.3 Å². The van der Waals surface area contributed by atoms with Gasteiger partial charge >= 0.3 is 5.97 Å². The van der Waals surface area contributed by atoms with Crippen LogP contribution in [-0.4, -0.2) is 31.3 Å². The second kappa shape index (κ2) is 5.60. The first-order chi connectivity index (χ1) is 9.75. The van der Waals surface area contributed by atoms with Gasteiger partial charge in [-0.2, -0.15) is 0 Å². The fourth-order valence-corrected chi connectivity index (χ4v) is 3.24. The molecule has 2 rings (SSSR count). The smallest absolute Gasteiger partial charge is 0.311 e. The minimum absolute atomic E-state index is 0.00642. The number of carbonyl (C=O) groups is 3. The second-order valence-corrected chi connectivity index (χ2v) is 7.04. The number of anilines is 1. The molecule has 1 aliphatic rings. The van der Waals surface area contributed by atoms with Crippen LogP contribution in [0.25, 0.3) is 0 Å². The molecule has 0 N–H and O–H groups in total. The van der Waals surface area contributed by atoms with Crippen molar-refractivity contribution in [2.24, 2.45) is 11.3 Å². The van der Waals surface area contributed by atoms with E-state index in [1.807, 2.05) is 20.8 Å². The summed E-state index contributed by atoms with van der Waals surface area (Å²) in [6, 6.07) is 1.74. The maximum atomic E-state index is 12.5. The first kappa shape index (κ1) is 15.7. The van der Waals surface area contributed by atoms with Gasteiger partial charge < -0.3 is 9.64 Å². The van der Waals surface area contributed by atoms with Crippen LogP contribution in [0.5, 0.6) is 0 Å². The molecule has 6 heteroatoms. The van der Waals surface area contributed by atoms with E-state index in [1.165, 1.54) is 23.3 Å². The molecular formula is C15H19NO4S. The van der Waals surface area contributed by atoms with Gasteiger partial charge in [0.1, 0.15) is 5.00 Å². The Morgan fingerprint density at radius 1 is 1.38 bits per heavy atom. The third-order valence-electron chi connectivity index (χ3n) is 3.48. The third kappa shape index (κ3) is 3.00. The van der Waals surface area contributed by atoms with E-state index in [9.17, 15) is 14.4 Å². The first-order valence-electron chi connectivity index (χ1n) is 6.76. The lowest BCUT2D eigenvalue weighted by molar-refractivity contribution is -0.145. The van der Waals surface area contributed by atoms with Crippen molar-refractivity contribution in [3.8, 4) is 0 Å². The molecule has 0 aromatic carbocycles. The normalized spacial score (nSPS) is 19.0. The van der Waals surface area contributed by atoms with Gasteiger partial charge in [-0.05, 0) is 11.4 Å². The number of rotatable bonds is 3. The van der Waals surface area contributed by atoms with Gasteiger partial charge in [-0.1, -0.05) is 20.8 Å². The van der Waals surface area contributed by atoms with Gasteiger partial charge in [0.15, 0.2) is 5.78 Å². The van der Waals surface area contributed by atoms with Gasteiger partial charge in [0, 0.05) is 18.4 Å². The molecule has 1 aromatic rings. The Kier molecular flexibility index (Phi) is 4.18. The largest absolute Gasteiger partial charge is 0.469 e. The molecule has 1 aromatic heterocycles. The minimum atomic E-state index is -0.514. The maximum absolute atomic E-state index is 12.5. The fraction of sp³-hybridized carbons (Fsp3) is 0.533. The number of hydrogen-bond donors (Lipinski definition) is 0. The summed E-state index contributed by atoms with van der Waals surface area (Å²) in [6.45, 7) is 5.82. The molecule has 5 nitrogen and oxygen atoms in total. The Balaban J connectivity index is 2.28. The van der Waals surface area contributed by atoms with Crippen LogP contribution in [0.2, 0.25) is 0 Å². The van der Waals surface area contributed by atoms with Gasteiger partial charge in [-0.15, -0.1) is 11.3 Å². The van der Waals surface area contributed by atoms with Crippen LogP contribution in [0.15, 0.2) is 11.4 Å². The Hall–Kier alpha value is -1.69. The van der Waals surface area contributed by atoms with Crippen LogP contribution in [0.4, 0.5) is 5.00 Å². The number of nitrogens with zero attached hydrogens (tertiary/aromatic N) is 1.